The highest BCUT2D eigenvalue weighted by atomic mass is 16.5. The van der Waals surface area contributed by atoms with E-state index < -0.39 is 18.2 Å². The lowest BCUT2D eigenvalue weighted by molar-refractivity contribution is -0.151. The normalized spacial score (nSPS) is 13.4. The predicted octanol–water partition coefficient (Wildman–Crippen LogP) is 15.5. The molecule has 0 saturated heterocycles. The van der Waals surface area contributed by atoms with E-state index in [0.29, 0.717) is 19.3 Å². The van der Waals surface area contributed by atoms with Gasteiger partial charge in [0.05, 0.1) is 25.2 Å². The molecule has 6 nitrogen and oxygen atoms in total. The van der Waals surface area contributed by atoms with E-state index >= 15 is 0 Å². The summed E-state index contributed by atoms with van der Waals surface area (Å²) in [5, 5.41) is 23.7. The molecule has 0 radical (unpaired) electrons. The van der Waals surface area contributed by atoms with E-state index in [1.165, 1.54) is 154 Å². The van der Waals surface area contributed by atoms with Gasteiger partial charge in [0.1, 0.15) is 6.10 Å². The maximum atomic E-state index is 13.2. The van der Waals surface area contributed by atoms with E-state index in [0.717, 1.165) is 77.0 Å². The Hall–Kier alpha value is -1.66. The third-order valence-corrected chi connectivity index (χ3v) is 12.1. The zero-order valence-electron chi connectivity index (χ0n) is 39.7. The summed E-state index contributed by atoms with van der Waals surface area (Å²) in [5.74, 6) is -0.481. The lowest BCUT2D eigenvalue weighted by atomic mass is 10.0. The van der Waals surface area contributed by atoms with Gasteiger partial charge >= 0.3 is 5.97 Å². The van der Waals surface area contributed by atoms with Gasteiger partial charge in [-0.1, -0.05) is 238 Å². The Kier molecular flexibility index (Phi) is 46.1. The third-order valence-electron chi connectivity index (χ3n) is 12.1. The molecule has 0 spiro atoms. The topological polar surface area (TPSA) is 95.9 Å². The largest absolute Gasteiger partial charge is 0.462 e. The molecular formula is C53H101NO5. The summed E-state index contributed by atoms with van der Waals surface area (Å²) in [4.78, 5) is 26.1. The fraction of sp³-hybridized carbons (Fsp3) is 0.887. The Morgan fingerprint density at radius 2 is 0.847 bits per heavy atom. The first-order valence-electron chi connectivity index (χ1n) is 26.1. The molecule has 0 aromatic carbocycles. The molecular weight excluding hydrogens is 731 g/mol. The van der Waals surface area contributed by atoms with Crippen LogP contribution in [0.3, 0.4) is 0 Å². The van der Waals surface area contributed by atoms with Crippen LogP contribution in [0.1, 0.15) is 278 Å². The van der Waals surface area contributed by atoms with Crippen LogP contribution in [0.25, 0.3) is 0 Å². The highest BCUT2D eigenvalue weighted by Gasteiger charge is 2.24. The number of hydrogen-bond acceptors (Lipinski definition) is 5. The van der Waals surface area contributed by atoms with Crippen molar-refractivity contribution in [1.82, 2.24) is 5.32 Å². The average molecular weight is 832 g/mol. The fourth-order valence-electron chi connectivity index (χ4n) is 8.07. The predicted molar refractivity (Wildman–Crippen MR) is 255 cm³/mol. The van der Waals surface area contributed by atoms with Gasteiger partial charge in [-0.25, -0.2) is 0 Å². The van der Waals surface area contributed by atoms with Gasteiger partial charge in [0, 0.05) is 6.42 Å². The minimum Gasteiger partial charge on any atom is -0.462 e. The number of esters is 1. The highest BCUT2D eigenvalue weighted by Crippen LogP contribution is 2.18. The van der Waals surface area contributed by atoms with Crippen LogP contribution in [0.4, 0.5) is 0 Å². The summed E-state index contributed by atoms with van der Waals surface area (Å²) in [7, 11) is 0. The van der Waals surface area contributed by atoms with Gasteiger partial charge in [0.2, 0.25) is 5.91 Å². The highest BCUT2D eigenvalue weighted by molar-refractivity contribution is 5.77. The summed E-state index contributed by atoms with van der Waals surface area (Å²) in [6.07, 6.45) is 53.8. The van der Waals surface area contributed by atoms with Crippen molar-refractivity contribution in [3.63, 3.8) is 0 Å². The number of nitrogens with one attached hydrogen (secondary N) is 1. The Bertz CT molecular complexity index is 935. The van der Waals surface area contributed by atoms with Crippen LogP contribution < -0.4 is 5.32 Å². The molecule has 3 atom stereocenters. The van der Waals surface area contributed by atoms with E-state index in [1.807, 2.05) is 0 Å². The van der Waals surface area contributed by atoms with Gasteiger partial charge in [-0.15, -0.1) is 0 Å². The minimum absolute atomic E-state index is 0.0690. The first kappa shape index (κ1) is 57.3. The summed E-state index contributed by atoms with van der Waals surface area (Å²) >= 11 is 0. The SMILES string of the molecule is CCCCC/C=C/C=C/CCCCCCC(CC(=O)NC(CO)C(O)CCCCCCCCCCCC)OC(=O)CCCCCCCCCCCCCCCCCCC. The van der Waals surface area contributed by atoms with Crippen molar-refractivity contribution in [3.8, 4) is 0 Å². The number of rotatable bonds is 47. The van der Waals surface area contributed by atoms with Crippen molar-refractivity contribution >= 4 is 11.9 Å². The molecule has 3 unspecified atom stereocenters. The van der Waals surface area contributed by atoms with Gasteiger partial charge in [0.25, 0.3) is 0 Å². The number of amides is 1. The molecule has 0 fully saturated rings. The Labute approximate surface area is 367 Å². The molecule has 0 saturated carbocycles. The quantitative estimate of drug-likeness (QED) is 0.0322. The summed E-state index contributed by atoms with van der Waals surface area (Å²) in [6, 6.07) is -0.702. The van der Waals surface area contributed by atoms with Crippen LogP contribution in [0.15, 0.2) is 24.3 Å². The third kappa shape index (κ3) is 42.8. The number of hydrogen-bond donors (Lipinski definition) is 3. The summed E-state index contributed by atoms with van der Waals surface area (Å²) in [5.41, 5.74) is 0. The molecule has 0 aliphatic heterocycles. The molecule has 0 aromatic rings. The van der Waals surface area contributed by atoms with Crippen molar-refractivity contribution in [2.75, 3.05) is 6.61 Å². The lowest BCUT2D eigenvalue weighted by Crippen LogP contribution is -2.46. The second-order valence-electron chi connectivity index (χ2n) is 18.0. The maximum absolute atomic E-state index is 13.2. The van der Waals surface area contributed by atoms with Crippen molar-refractivity contribution in [3.05, 3.63) is 24.3 Å². The Morgan fingerprint density at radius 3 is 1.29 bits per heavy atom. The number of allylic oxidation sites excluding steroid dienone is 4. The van der Waals surface area contributed by atoms with Crippen molar-refractivity contribution in [2.45, 2.75) is 296 Å². The summed E-state index contributed by atoms with van der Waals surface area (Å²) < 4.78 is 5.93. The zero-order valence-corrected chi connectivity index (χ0v) is 39.7. The molecule has 1 amide bonds. The molecule has 6 heteroatoms. The van der Waals surface area contributed by atoms with Gasteiger partial charge in [-0.05, 0) is 51.4 Å². The lowest BCUT2D eigenvalue weighted by Gasteiger charge is -2.24. The van der Waals surface area contributed by atoms with Gasteiger partial charge in [0.15, 0.2) is 0 Å². The fourth-order valence-corrected chi connectivity index (χ4v) is 8.07. The number of carbonyl (C=O) groups is 2. The Morgan fingerprint density at radius 1 is 0.492 bits per heavy atom. The maximum Gasteiger partial charge on any atom is 0.306 e. The van der Waals surface area contributed by atoms with Crippen LogP contribution >= 0.6 is 0 Å². The second-order valence-corrected chi connectivity index (χ2v) is 18.0. The molecule has 3 N–H and O–H groups in total. The Balaban J connectivity index is 4.53. The number of ether oxygens (including phenoxy) is 1. The standard InChI is InChI=1S/C53H101NO5/c1-4-7-10-13-16-19-22-24-25-26-27-29-31-34-37-40-43-46-53(58)59-49(44-41-38-35-32-30-28-23-20-17-14-11-8-5-2)47-52(57)54-50(48-55)51(56)45-42-39-36-33-21-18-15-12-9-6-3/h17,20,23,28,49-51,55-56H,4-16,18-19,21-22,24-27,29-48H2,1-3H3,(H,54,57)/b20-17+,28-23+. The van der Waals surface area contributed by atoms with E-state index in [-0.39, 0.29) is 24.9 Å². The van der Waals surface area contributed by atoms with Crippen molar-refractivity contribution in [2.24, 2.45) is 0 Å². The molecule has 348 valence electrons. The average Bonchev–Trinajstić information content (AvgIpc) is 3.23. The van der Waals surface area contributed by atoms with Crippen molar-refractivity contribution < 1.29 is 24.5 Å². The van der Waals surface area contributed by atoms with Crippen LogP contribution in [0.2, 0.25) is 0 Å². The van der Waals surface area contributed by atoms with E-state index in [1.54, 1.807) is 0 Å². The first-order chi connectivity index (χ1) is 29.0. The molecule has 0 aliphatic rings. The minimum atomic E-state index is -0.788. The first-order valence-corrected chi connectivity index (χ1v) is 26.1. The van der Waals surface area contributed by atoms with Crippen molar-refractivity contribution in [1.29, 1.82) is 0 Å². The van der Waals surface area contributed by atoms with E-state index in [2.05, 4.69) is 50.4 Å². The molecule has 0 aliphatic carbocycles. The number of carbonyl (C=O) groups excluding carboxylic acids is 2. The second kappa shape index (κ2) is 47.4. The van der Waals surface area contributed by atoms with Crippen LogP contribution in [0.5, 0.6) is 0 Å². The van der Waals surface area contributed by atoms with Gasteiger partial charge in [-0.3, -0.25) is 9.59 Å². The van der Waals surface area contributed by atoms with Crippen LogP contribution in [0, 0.1) is 0 Å². The number of unbranched alkanes of at least 4 members (excludes halogenated alkanes) is 32. The van der Waals surface area contributed by atoms with Crippen LogP contribution in [-0.2, 0) is 14.3 Å². The molecule has 59 heavy (non-hydrogen) atoms. The van der Waals surface area contributed by atoms with E-state index in [4.69, 9.17) is 4.74 Å². The molecule has 0 heterocycles. The molecule has 0 aromatic heterocycles. The van der Waals surface area contributed by atoms with E-state index in [9.17, 15) is 19.8 Å². The smallest absolute Gasteiger partial charge is 0.306 e. The van der Waals surface area contributed by atoms with Crippen LogP contribution in [-0.4, -0.2) is 46.9 Å². The molecule has 0 bridgehead atoms. The monoisotopic (exact) mass is 832 g/mol. The van der Waals surface area contributed by atoms with Gasteiger partial charge in [-0.2, -0.15) is 0 Å². The number of aliphatic hydroxyl groups is 2. The van der Waals surface area contributed by atoms with Gasteiger partial charge < -0.3 is 20.3 Å². The number of aliphatic hydroxyl groups excluding tert-OH is 2. The molecule has 0 rings (SSSR count). The zero-order chi connectivity index (χ0) is 43.1. The summed E-state index contributed by atoms with van der Waals surface area (Å²) in [6.45, 7) is 6.45.